The maximum absolute atomic E-state index is 6.88. The van der Waals surface area contributed by atoms with Crippen LogP contribution in [0.15, 0.2) is 0 Å². The van der Waals surface area contributed by atoms with Gasteiger partial charge in [-0.05, 0) is 0 Å². The molecule has 6 heteroatoms. The zero-order valence-corrected chi connectivity index (χ0v) is 6.89. The first kappa shape index (κ1) is 22.5. The Hall–Kier alpha value is -2.13. The zero-order chi connectivity index (χ0) is 10.8. The number of aliphatic hydroxyl groups is 3. The third kappa shape index (κ3) is 81.9. The quantitative estimate of drug-likeness (QED) is 0.467. The fourth-order valence-electron chi connectivity index (χ4n) is 0. The van der Waals surface area contributed by atoms with E-state index in [1.165, 1.54) is 6.42 Å². The second-order valence-corrected chi connectivity index (χ2v) is 1.01. The largest absolute Gasteiger partial charge is 0.443 e. The molecular formula is C6H11N3O3. The van der Waals surface area contributed by atoms with Gasteiger partial charge in [0.2, 0.25) is 0 Å². The zero-order valence-electron chi connectivity index (χ0n) is 6.89. The summed E-state index contributed by atoms with van der Waals surface area (Å²) in [6.45, 7) is 4.25. The van der Waals surface area contributed by atoms with E-state index in [9.17, 15) is 0 Å². The molecule has 6 nitrogen and oxygen atoms in total. The van der Waals surface area contributed by atoms with Crippen LogP contribution in [0.2, 0.25) is 0 Å². The maximum atomic E-state index is 6.88. The van der Waals surface area contributed by atoms with Crippen molar-refractivity contribution in [3.8, 4) is 18.8 Å². The molecule has 0 spiro atoms. The third-order valence-electron chi connectivity index (χ3n) is 0. The summed E-state index contributed by atoms with van der Waals surface area (Å²) in [6.07, 6.45) is 3.50. The highest BCUT2D eigenvalue weighted by molar-refractivity contribution is 4.31. The van der Waals surface area contributed by atoms with Crippen molar-refractivity contribution < 1.29 is 15.3 Å². The molecular weight excluding hydrogens is 162 g/mol. The van der Waals surface area contributed by atoms with Crippen LogP contribution in [0, 0.1) is 34.6 Å². The molecule has 0 fully saturated rings. The Balaban J connectivity index is -0.0000000356. The van der Waals surface area contributed by atoms with Crippen molar-refractivity contribution in [1.82, 2.24) is 0 Å². The summed E-state index contributed by atoms with van der Waals surface area (Å²) in [7, 11) is 0. The highest BCUT2D eigenvalue weighted by atomic mass is 16.2. The van der Waals surface area contributed by atoms with Gasteiger partial charge in [0.05, 0.1) is 0 Å². The van der Waals surface area contributed by atoms with E-state index in [4.69, 9.17) is 31.1 Å². The Morgan fingerprint density at radius 2 is 0.833 bits per heavy atom. The Bertz CT molecular complexity index is 122. The van der Waals surface area contributed by atoms with Gasteiger partial charge in [-0.2, -0.15) is 15.8 Å². The van der Waals surface area contributed by atoms with E-state index in [0.29, 0.717) is 0 Å². The molecule has 0 saturated heterocycles. The van der Waals surface area contributed by atoms with E-state index in [2.05, 4.69) is 13.8 Å². The number of nitrogens with zero attached hydrogens (tertiary/aromatic N) is 3. The third-order valence-corrected chi connectivity index (χ3v) is 0. The van der Waals surface area contributed by atoms with Gasteiger partial charge in [-0.3, -0.25) is 0 Å². The van der Waals surface area contributed by atoms with Gasteiger partial charge >= 0.3 is 0 Å². The van der Waals surface area contributed by atoms with E-state index in [1.807, 2.05) is 0 Å². The smallest absolute Gasteiger partial charge is 0.283 e. The molecule has 0 saturated carbocycles. The number of hydrogen-bond donors (Lipinski definition) is 3. The van der Waals surface area contributed by atoms with Gasteiger partial charge in [0.15, 0.2) is 0 Å². The lowest BCUT2D eigenvalue weighted by Gasteiger charge is -1.48. The Labute approximate surface area is 71.1 Å². The van der Waals surface area contributed by atoms with Gasteiger partial charge in [0, 0.05) is 0 Å². The van der Waals surface area contributed by atoms with Gasteiger partial charge in [0.1, 0.15) is 0 Å². The molecule has 0 rings (SSSR count). The van der Waals surface area contributed by atoms with Gasteiger partial charge in [-0.15, -0.1) is 0 Å². The summed E-state index contributed by atoms with van der Waals surface area (Å²) in [5.74, 6) is 0. The van der Waals surface area contributed by atoms with Crippen molar-refractivity contribution in [3.63, 3.8) is 0 Å². The number of rotatable bonds is 0. The molecule has 3 N–H and O–H groups in total. The number of aliphatic hydroxyl groups excluding tert-OH is 3. The molecule has 0 bridgehead atoms. The van der Waals surface area contributed by atoms with Crippen molar-refractivity contribution in [3.05, 3.63) is 0 Å². The predicted molar refractivity (Wildman–Crippen MR) is 38.6 cm³/mol. The van der Waals surface area contributed by atoms with Crippen LogP contribution in [0.4, 0.5) is 0 Å². The first-order chi connectivity index (χ1) is 5.66. The van der Waals surface area contributed by atoms with Gasteiger partial charge in [-0.1, -0.05) is 20.3 Å². The Kier molecular flexibility index (Phi) is 295. The summed E-state index contributed by atoms with van der Waals surface area (Å²) >= 11 is 0. The SMILES string of the molecule is CCC.N#CO.N#CO.N#CO. The lowest BCUT2D eigenvalue weighted by Crippen LogP contribution is -1.27. The monoisotopic (exact) mass is 173 g/mol. The Morgan fingerprint density at radius 1 is 0.833 bits per heavy atom. The van der Waals surface area contributed by atoms with E-state index in [1.54, 1.807) is 0 Å². The summed E-state index contributed by atoms with van der Waals surface area (Å²) in [5, 5.41) is 41.2. The van der Waals surface area contributed by atoms with Crippen LogP contribution in [0.1, 0.15) is 20.3 Å². The first-order valence-corrected chi connectivity index (χ1v) is 2.76. The topological polar surface area (TPSA) is 132 Å². The second-order valence-electron chi connectivity index (χ2n) is 1.01. The molecule has 0 heterocycles. The van der Waals surface area contributed by atoms with Crippen LogP contribution in [0.5, 0.6) is 0 Å². The molecule has 0 radical (unpaired) electrons. The van der Waals surface area contributed by atoms with E-state index >= 15 is 0 Å². The average molecular weight is 173 g/mol. The minimum atomic E-state index is 0.750. The fourth-order valence-corrected chi connectivity index (χ4v) is 0. The molecule has 0 aromatic heterocycles. The van der Waals surface area contributed by atoms with Gasteiger partial charge in [-0.25, -0.2) is 0 Å². The molecule has 0 aliphatic heterocycles. The highest BCUT2D eigenvalue weighted by Crippen LogP contribution is 1.56. The molecule has 0 aromatic carbocycles. The molecule has 12 heavy (non-hydrogen) atoms. The van der Waals surface area contributed by atoms with Crippen molar-refractivity contribution in [2.75, 3.05) is 0 Å². The molecule has 0 aliphatic carbocycles. The van der Waals surface area contributed by atoms with Gasteiger partial charge < -0.3 is 15.3 Å². The normalized spacial score (nSPS) is 3.25. The molecule has 0 aromatic rings. The van der Waals surface area contributed by atoms with Crippen LogP contribution < -0.4 is 0 Å². The van der Waals surface area contributed by atoms with Crippen LogP contribution in [0.3, 0.4) is 0 Å². The standard InChI is InChI=1S/C3H8.3CHNO/c1-3-2;3*2-1-3/h3H2,1-2H3;3*3H. The molecule has 0 aliphatic rings. The van der Waals surface area contributed by atoms with Crippen molar-refractivity contribution in [1.29, 1.82) is 15.8 Å². The second kappa shape index (κ2) is 157. The van der Waals surface area contributed by atoms with Crippen LogP contribution >= 0.6 is 0 Å². The summed E-state index contributed by atoms with van der Waals surface area (Å²) < 4.78 is 0. The Morgan fingerprint density at radius 3 is 0.833 bits per heavy atom. The van der Waals surface area contributed by atoms with Crippen molar-refractivity contribution in [2.45, 2.75) is 20.3 Å². The summed E-state index contributed by atoms with van der Waals surface area (Å²) in [5.41, 5.74) is 0. The summed E-state index contributed by atoms with van der Waals surface area (Å²) in [4.78, 5) is 0. The van der Waals surface area contributed by atoms with E-state index < -0.39 is 0 Å². The maximum Gasteiger partial charge on any atom is 0.283 e. The molecule has 68 valence electrons. The van der Waals surface area contributed by atoms with E-state index in [0.717, 1.165) is 18.8 Å². The lowest BCUT2D eigenvalue weighted by atomic mass is 10.6. The van der Waals surface area contributed by atoms with Crippen LogP contribution in [-0.2, 0) is 0 Å². The predicted octanol–water partition coefficient (Wildman–Crippen LogP) is 0.936. The van der Waals surface area contributed by atoms with Crippen molar-refractivity contribution in [2.24, 2.45) is 0 Å². The van der Waals surface area contributed by atoms with E-state index in [-0.39, 0.29) is 0 Å². The highest BCUT2D eigenvalue weighted by Gasteiger charge is 1.35. The minimum absolute atomic E-state index is 0.750. The van der Waals surface area contributed by atoms with Crippen LogP contribution in [0.25, 0.3) is 0 Å². The fraction of sp³-hybridized carbons (Fsp3) is 0.500. The van der Waals surface area contributed by atoms with Crippen molar-refractivity contribution >= 4 is 0 Å². The number of nitriles is 3. The summed E-state index contributed by atoms with van der Waals surface area (Å²) in [6, 6.07) is 0. The first-order valence-electron chi connectivity index (χ1n) is 2.76. The molecule has 0 unspecified atom stereocenters. The van der Waals surface area contributed by atoms with Crippen LogP contribution in [-0.4, -0.2) is 15.3 Å². The minimum Gasteiger partial charge on any atom is -0.443 e. The lowest BCUT2D eigenvalue weighted by molar-refractivity contribution is 0.502. The molecule has 0 amide bonds. The number of hydrogen-bond acceptors (Lipinski definition) is 6. The average Bonchev–Trinajstić information content (AvgIpc) is 1.92. The van der Waals surface area contributed by atoms with Gasteiger partial charge in [0.25, 0.3) is 18.8 Å². The molecule has 0 atom stereocenters.